The molecule has 0 bridgehead atoms. The van der Waals surface area contributed by atoms with Crippen molar-refractivity contribution in [1.82, 2.24) is 0 Å². The first-order valence-corrected chi connectivity index (χ1v) is 16.8. The summed E-state index contributed by atoms with van der Waals surface area (Å²) >= 11 is 0. The first-order valence-electron chi connectivity index (χ1n) is 13.0. The van der Waals surface area contributed by atoms with Crippen LogP contribution in [-0.2, 0) is 14.1 Å². The van der Waals surface area contributed by atoms with Crippen LogP contribution >= 0.6 is 6.83 Å². The third kappa shape index (κ3) is 6.39. The van der Waals surface area contributed by atoms with Gasteiger partial charge in [0.25, 0.3) is 0 Å². The van der Waals surface area contributed by atoms with Gasteiger partial charge in [-0.05, 0) is 0 Å². The number of benzene rings is 3. The van der Waals surface area contributed by atoms with Gasteiger partial charge in [0.2, 0.25) is 0 Å². The molecule has 8 heteroatoms. The standard InChI is InChI=1S/C30H36F3O3PS/c1-2-3-4-5-6-7-8-9-19-26-37(27-20-13-10-14-21-27,28-22-15-11-16-23-28,29-24-17-12-18-25-29)36-38(34,35)30(31,32)33/h8-18,20-25H,2-7,19,26H2,1H3/b9-8-. The molecule has 0 fully saturated rings. The number of rotatable bonds is 14. The fourth-order valence-electron chi connectivity index (χ4n) is 4.91. The molecule has 0 aliphatic carbocycles. The molecule has 0 aromatic heterocycles. The molecule has 0 saturated carbocycles. The van der Waals surface area contributed by atoms with Crippen LogP contribution in [0.4, 0.5) is 13.2 Å². The van der Waals surface area contributed by atoms with Gasteiger partial charge in [-0.25, -0.2) is 0 Å². The van der Waals surface area contributed by atoms with Gasteiger partial charge in [0, 0.05) is 0 Å². The summed E-state index contributed by atoms with van der Waals surface area (Å²) in [6.07, 6.45) is 11.0. The zero-order valence-electron chi connectivity index (χ0n) is 21.7. The van der Waals surface area contributed by atoms with Crippen LogP contribution in [-0.4, -0.2) is 20.1 Å². The Morgan fingerprint density at radius 3 is 1.53 bits per heavy atom. The summed E-state index contributed by atoms with van der Waals surface area (Å²) in [5.74, 6) is 0. The van der Waals surface area contributed by atoms with Gasteiger partial charge in [0.1, 0.15) is 0 Å². The van der Waals surface area contributed by atoms with Crippen LogP contribution in [0, 0.1) is 0 Å². The fourth-order valence-corrected chi connectivity index (χ4v) is 13.0. The van der Waals surface area contributed by atoms with Gasteiger partial charge >= 0.3 is 225 Å². The molecule has 38 heavy (non-hydrogen) atoms. The Bertz CT molecular complexity index is 1160. The van der Waals surface area contributed by atoms with Crippen molar-refractivity contribution in [2.75, 3.05) is 6.16 Å². The Morgan fingerprint density at radius 1 is 0.684 bits per heavy atom. The van der Waals surface area contributed by atoms with Gasteiger partial charge in [-0.3, -0.25) is 0 Å². The summed E-state index contributed by atoms with van der Waals surface area (Å²) in [7, 11) is -5.98. The van der Waals surface area contributed by atoms with Crippen molar-refractivity contribution in [3.63, 3.8) is 0 Å². The monoisotopic (exact) mass is 564 g/mol. The molecule has 0 aliphatic heterocycles. The Hall–Kier alpha value is -2.47. The van der Waals surface area contributed by atoms with E-state index >= 15 is 0 Å². The van der Waals surface area contributed by atoms with Gasteiger partial charge in [0.15, 0.2) is 0 Å². The second-order valence-corrected chi connectivity index (χ2v) is 15.8. The second kappa shape index (κ2) is 13.1. The van der Waals surface area contributed by atoms with Gasteiger partial charge in [0.05, 0.1) is 0 Å². The van der Waals surface area contributed by atoms with Crippen LogP contribution in [0.15, 0.2) is 103 Å². The van der Waals surface area contributed by atoms with Crippen LogP contribution in [0.2, 0.25) is 0 Å². The molecule has 3 nitrogen and oxygen atoms in total. The van der Waals surface area contributed by atoms with Crippen LogP contribution < -0.4 is 15.9 Å². The minimum absolute atomic E-state index is 0.0608. The topological polar surface area (TPSA) is 43.4 Å². The Kier molecular flexibility index (Phi) is 10.3. The molecule has 0 N–H and O–H groups in total. The summed E-state index contributed by atoms with van der Waals surface area (Å²) in [6, 6.07) is 25.6. The predicted octanol–water partition coefficient (Wildman–Crippen LogP) is 7.60. The molecule has 0 aliphatic rings. The quantitative estimate of drug-likeness (QED) is 0.0876. The van der Waals surface area contributed by atoms with Crippen LogP contribution in [0.3, 0.4) is 0 Å². The SMILES string of the molecule is CCCCCCC/C=C\CCP(OS(=O)(=O)C(F)(F)F)(c1ccccc1)(c1ccccc1)c1ccccc1. The van der Waals surface area contributed by atoms with Crippen molar-refractivity contribution < 1.29 is 25.6 Å². The first kappa shape index (κ1) is 30.1. The Labute approximate surface area is 224 Å². The van der Waals surface area contributed by atoms with Gasteiger partial charge in [-0.1, -0.05) is 0 Å². The molecular weight excluding hydrogens is 528 g/mol. The van der Waals surface area contributed by atoms with Crippen molar-refractivity contribution in [2.45, 2.75) is 57.4 Å². The van der Waals surface area contributed by atoms with E-state index in [-0.39, 0.29) is 6.16 Å². The van der Waals surface area contributed by atoms with E-state index in [4.69, 9.17) is 3.97 Å². The molecule has 0 saturated heterocycles. The fraction of sp³-hybridized carbons (Fsp3) is 0.333. The summed E-state index contributed by atoms with van der Waals surface area (Å²) < 4.78 is 73.6. The maximum absolute atomic E-state index is 14.0. The summed E-state index contributed by atoms with van der Waals surface area (Å²) in [6.45, 7) is -2.53. The summed E-state index contributed by atoms with van der Waals surface area (Å²) in [4.78, 5) is 0. The molecular formula is C30H36F3O3PS. The van der Waals surface area contributed by atoms with E-state index in [9.17, 15) is 21.6 Å². The first-order chi connectivity index (χ1) is 18.2. The number of allylic oxidation sites excluding steroid dienone is 2. The van der Waals surface area contributed by atoms with E-state index in [1.165, 1.54) is 19.3 Å². The van der Waals surface area contributed by atoms with Gasteiger partial charge in [-0.15, -0.1) is 0 Å². The average molecular weight is 565 g/mol. The summed E-state index contributed by atoms with van der Waals surface area (Å²) in [5, 5.41) is 1.28. The number of halogens is 3. The normalized spacial score (nSPS) is 13.8. The van der Waals surface area contributed by atoms with Crippen LogP contribution in [0.25, 0.3) is 0 Å². The Balaban J connectivity index is 2.21. The summed E-state index contributed by atoms with van der Waals surface area (Å²) in [5.41, 5.74) is -5.58. The van der Waals surface area contributed by atoms with Gasteiger partial charge < -0.3 is 0 Å². The van der Waals surface area contributed by atoms with Crippen molar-refractivity contribution in [3.8, 4) is 0 Å². The molecule has 0 atom stereocenters. The van der Waals surface area contributed by atoms with E-state index in [1.54, 1.807) is 91.0 Å². The van der Waals surface area contributed by atoms with E-state index in [1.807, 2.05) is 12.2 Å². The Morgan fingerprint density at radius 2 is 1.11 bits per heavy atom. The number of hydrogen-bond acceptors (Lipinski definition) is 3. The predicted molar refractivity (Wildman–Crippen MR) is 153 cm³/mol. The second-order valence-electron chi connectivity index (χ2n) is 9.38. The molecule has 0 amide bonds. The molecule has 0 spiro atoms. The zero-order valence-corrected chi connectivity index (χ0v) is 23.4. The number of unbranched alkanes of at least 4 members (excludes halogenated alkanes) is 5. The molecule has 206 valence electrons. The van der Waals surface area contributed by atoms with Crippen molar-refractivity contribution in [3.05, 3.63) is 103 Å². The third-order valence-corrected chi connectivity index (χ3v) is 14.8. The van der Waals surface area contributed by atoms with Gasteiger partial charge in [-0.2, -0.15) is 0 Å². The minimum atomic E-state index is -5.98. The number of alkyl halides is 3. The maximum atomic E-state index is 14.0. The average Bonchev–Trinajstić information content (AvgIpc) is 2.92. The van der Waals surface area contributed by atoms with E-state index in [2.05, 4.69) is 6.92 Å². The molecule has 3 aromatic rings. The molecule has 3 rings (SSSR count). The molecule has 3 aromatic carbocycles. The van der Waals surface area contributed by atoms with Crippen molar-refractivity contribution >= 4 is 32.9 Å². The third-order valence-electron chi connectivity index (χ3n) is 6.82. The van der Waals surface area contributed by atoms with Crippen molar-refractivity contribution in [1.29, 1.82) is 0 Å². The van der Waals surface area contributed by atoms with E-state index in [0.717, 1.165) is 19.3 Å². The molecule has 0 heterocycles. The molecule has 0 unspecified atom stereocenters. The van der Waals surface area contributed by atoms with E-state index < -0.39 is 22.5 Å². The zero-order chi connectivity index (χ0) is 27.6. The van der Waals surface area contributed by atoms with Crippen LogP contribution in [0.5, 0.6) is 0 Å². The van der Waals surface area contributed by atoms with Crippen molar-refractivity contribution in [2.24, 2.45) is 0 Å². The molecule has 0 radical (unpaired) electrons. The number of hydrogen-bond donors (Lipinski definition) is 0. The van der Waals surface area contributed by atoms with Crippen LogP contribution in [0.1, 0.15) is 51.9 Å². The van der Waals surface area contributed by atoms with E-state index in [0.29, 0.717) is 22.3 Å².